The lowest BCUT2D eigenvalue weighted by molar-refractivity contribution is 0.107. The van der Waals surface area contributed by atoms with Crippen molar-refractivity contribution >= 4 is 0 Å². The van der Waals surface area contributed by atoms with Crippen LogP contribution in [0.25, 0.3) is 0 Å². The average molecular weight is 257 g/mol. The molecule has 3 nitrogen and oxygen atoms in total. The van der Waals surface area contributed by atoms with Crippen molar-refractivity contribution in [1.29, 1.82) is 0 Å². The summed E-state index contributed by atoms with van der Waals surface area (Å²) < 4.78 is 5.68. The van der Waals surface area contributed by atoms with E-state index in [9.17, 15) is 5.11 Å². The van der Waals surface area contributed by atoms with E-state index in [0.29, 0.717) is 0 Å². The van der Waals surface area contributed by atoms with E-state index >= 15 is 0 Å². The van der Waals surface area contributed by atoms with Crippen LogP contribution in [0.3, 0.4) is 0 Å². The van der Waals surface area contributed by atoms with Gasteiger partial charge in [0.1, 0.15) is 18.5 Å². The number of aliphatic hydroxyl groups excluding tert-OH is 1. The van der Waals surface area contributed by atoms with E-state index in [4.69, 9.17) is 10.5 Å². The molecule has 0 aliphatic carbocycles. The zero-order valence-corrected chi connectivity index (χ0v) is 11.0. The predicted molar refractivity (Wildman–Crippen MR) is 75.9 cm³/mol. The van der Waals surface area contributed by atoms with Gasteiger partial charge in [-0.3, -0.25) is 0 Å². The first-order valence-electron chi connectivity index (χ1n) is 6.39. The molecule has 0 saturated heterocycles. The summed E-state index contributed by atoms with van der Waals surface area (Å²) in [7, 11) is 0. The van der Waals surface area contributed by atoms with Crippen LogP contribution < -0.4 is 10.5 Å². The standard InChI is InChI=1S/C16H19NO2/c1-12(17)14-9-5-6-10-16(14)19-11-15(18)13-7-3-2-4-8-13/h2-10,12,15,18H,11,17H2,1H3/t12-,15?/m0/s1. The maximum absolute atomic E-state index is 10.1. The molecule has 0 heterocycles. The van der Waals surface area contributed by atoms with E-state index in [0.717, 1.165) is 16.9 Å². The first-order chi connectivity index (χ1) is 9.18. The monoisotopic (exact) mass is 257 g/mol. The third-order valence-corrected chi connectivity index (χ3v) is 2.99. The molecule has 3 N–H and O–H groups in total. The molecule has 1 unspecified atom stereocenters. The quantitative estimate of drug-likeness (QED) is 0.866. The number of para-hydroxylation sites is 1. The van der Waals surface area contributed by atoms with Crippen LogP contribution in [0.1, 0.15) is 30.2 Å². The molecule has 2 aromatic carbocycles. The van der Waals surface area contributed by atoms with Crippen molar-refractivity contribution in [2.75, 3.05) is 6.61 Å². The Morgan fingerprint density at radius 1 is 1.05 bits per heavy atom. The Morgan fingerprint density at radius 3 is 2.37 bits per heavy atom. The number of rotatable bonds is 5. The van der Waals surface area contributed by atoms with Gasteiger partial charge in [0.25, 0.3) is 0 Å². The largest absolute Gasteiger partial charge is 0.490 e. The second-order valence-electron chi connectivity index (χ2n) is 4.56. The Bertz CT molecular complexity index is 511. The minimum Gasteiger partial charge on any atom is -0.490 e. The molecule has 0 radical (unpaired) electrons. The lowest BCUT2D eigenvalue weighted by Crippen LogP contribution is -2.13. The lowest BCUT2D eigenvalue weighted by Gasteiger charge is -2.16. The van der Waals surface area contributed by atoms with E-state index in [1.807, 2.05) is 61.5 Å². The number of hydrogen-bond acceptors (Lipinski definition) is 3. The van der Waals surface area contributed by atoms with Gasteiger partial charge in [-0.2, -0.15) is 0 Å². The Labute approximate surface area is 113 Å². The zero-order chi connectivity index (χ0) is 13.7. The molecular formula is C16H19NO2. The van der Waals surface area contributed by atoms with Crippen molar-refractivity contribution < 1.29 is 9.84 Å². The summed E-state index contributed by atoms with van der Waals surface area (Å²) in [6, 6.07) is 17.0. The summed E-state index contributed by atoms with van der Waals surface area (Å²) in [5.74, 6) is 0.729. The summed E-state index contributed by atoms with van der Waals surface area (Å²) in [5.41, 5.74) is 7.68. The van der Waals surface area contributed by atoms with E-state index in [1.54, 1.807) is 0 Å². The molecule has 0 spiro atoms. The van der Waals surface area contributed by atoms with Gasteiger partial charge < -0.3 is 15.6 Å². The fourth-order valence-electron chi connectivity index (χ4n) is 1.93. The van der Waals surface area contributed by atoms with Crippen LogP contribution in [0.2, 0.25) is 0 Å². The molecule has 2 aromatic rings. The molecule has 100 valence electrons. The summed E-state index contributed by atoms with van der Waals surface area (Å²) in [6.07, 6.45) is -0.637. The van der Waals surface area contributed by atoms with Crippen LogP contribution in [-0.4, -0.2) is 11.7 Å². The summed E-state index contributed by atoms with van der Waals surface area (Å²) >= 11 is 0. The van der Waals surface area contributed by atoms with Gasteiger partial charge in [0.15, 0.2) is 0 Å². The molecule has 0 saturated carbocycles. The minimum atomic E-state index is -0.637. The van der Waals surface area contributed by atoms with E-state index < -0.39 is 6.10 Å². The molecule has 2 atom stereocenters. The number of benzene rings is 2. The molecule has 2 rings (SSSR count). The fraction of sp³-hybridized carbons (Fsp3) is 0.250. The van der Waals surface area contributed by atoms with Crippen LogP contribution in [0.4, 0.5) is 0 Å². The van der Waals surface area contributed by atoms with Crippen molar-refractivity contribution in [3.63, 3.8) is 0 Å². The average Bonchev–Trinajstić information content (AvgIpc) is 2.46. The van der Waals surface area contributed by atoms with Crippen molar-refractivity contribution in [3.8, 4) is 5.75 Å². The van der Waals surface area contributed by atoms with Crippen molar-refractivity contribution in [3.05, 3.63) is 65.7 Å². The van der Waals surface area contributed by atoms with Crippen LogP contribution >= 0.6 is 0 Å². The van der Waals surface area contributed by atoms with Gasteiger partial charge in [0, 0.05) is 11.6 Å². The molecule has 19 heavy (non-hydrogen) atoms. The highest BCUT2D eigenvalue weighted by atomic mass is 16.5. The first-order valence-corrected chi connectivity index (χ1v) is 6.39. The number of hydrogen-bond donors (Lipinski definition) is 2. The SMILES string of the molecule is C[C@H](N)c1ccccc1OCC(O)c1ccccc1. The molecule has 0 aliphatic heterocycles. The molecule has 0 fully saturated rings. The Morgan fingerprint density at radius 2 is 1.68 bits per heavy atom. The fourth-order valence-corrected chi connectivity index (χ4v) is 1.93. The number of nitrogens with two attached hydrogens (primary N) is 1. The Kier molecular flexibility index (Phi) is 4.55. The predicted octanol–water partition coefficient (Wildman–Crippen LogP) is 2.82. The van der Waals surface area contributed by atoms with Crippen LogP contribution in [-0.2, 0) is 0 Å². The van der Waals surface area contributed by atoms with Crippen molar-refractivity contribution in [1.82, 2.24) is 0 Å². The highest BCUT2D eigenvalue weighted by Crippen LogP contribution is 2.24. The second-order valence-corrected chi connectivity index (χ2v) is 4.56. The molecule has 0 bridgehead atoms. The maximum atomic E-state index is 10.1. The lowest BCUT2D eigenvalue weighted by atomic mass is 10.1. The van der Waals surface area contributed by atoms with Crippen LogP contribution in [0, 0.1) is 0 Å². The highest BCUT2D eigenvalue weighted by Gasteiger charge is 2.11. The second kappa shape index (κ2) is 6.36. The van der Waals surface area contributed by atoms with Crippen LogP contribution in [0.15, 0.2) is 54.6 Å². The molecule has 0 aliphatic rings. The maximum Gasteiger partial charge on any atom is 0.124 e. The van der Waals surface area contributed by atoms with Gasteiger partial charge in [-0.1, -0.05) is 48.5 Å². The first kappa shape index (κ1) is 13.6. The minimum absolute atomic E-state index is 0.0925. The normalized spacial score (nSPS) is 13.8. The molecule has 0 amide bonds. The summed E-state index contributed by atoms with van der Waals surface area (Å²) in [5, 5.41) is 10.1. The summed E-state index contributed by atoms with van der Waals surface area (Å²) in [6.45, 7) is 2.13. The molecular weight excluding hydrogens is 238 g/mol. The Balaban J connectivity index is 2.03. The van der Waals surface area contributed by atoms with E-state index in [2.05, 4.69) is 0 Å². The van der Waals surface area contributed by atoms with Crippen LogP contribution in [0.5, 0.6) is 5.75 Å². The highest BCUT2D eigenvalue weighted by molar-refractivity contribution is 5.35. The van der Waals surface area contributed by atoms with Gasteiger partial charge in [-0.25, -0.2) is 0 Å². The van der Waals surface area contributed by atoms with Gasteiger partial charge >= 0.3 is 0 Å². The zero-order valence-electron chi connectivity index (χ0n) is 11.0. The van der Waals surface area contributed by atoms with E-state index in [1.165, 1.54) is 0 Å². The van der Waals surface area contributed by atoms with Gasteiger partial charge in [-0.05, 0) is 18.6 Å². The number of aliphatic hydroxyl groups is 1. The van der Waals surface area contributed by atoms with Crippen molar-refractivity contribution in [2.24, 2.45) is 5.73 Å². The van der Waals surface area contributed by atoms with E-state index in [-0.39, 0.29) is 12.6 Å². The topological polar surface area (TPSA) is 55.5 Å². The smallest absolute Gasteiger partial charge is 0.124 e. The molecule has 3 heteroatoms. The molecule has 0 aromatic heterocycles. The van der Waals surface area contributed by atoms with Gasteiger partial charge in [-0.15, -0.1) is 0 Å². The third kappa shape index (κ3) is 3.56. The van der Waals surface area contributed by atoms with Crippen molar-refractivity contribution in [2.45, 2.75) is 19.1 Å². The summed E-state index contributed by atoms with van der Waals surface area (Å²) in [4.78, 5) is 0. The number of ether oxygens (including phenoxy) is 1. The Hall–Kier alpha value is -1.84. The third-order valence-electron chi connectivity index (χ3n) is 2.99. The van der Waals surface area contributed by atoms with Gasteiger partial charge in [0.2, 0.25) is 0 Å². The van der Waals surface area contributed by atoms with Gasteiger partial charge in [0.05, 0.1) is 0 Å².